The normalized spacial score (nSPS) is 15.7. The molecule has 0 unspecified atom stereocenters. The molecule has 1 saturated heterocycles. The Bertz CT molecular complexity index is 794. The number of nitrogens with zero attached hydrogens (tertiary/aromatic N) is 2. The average molecular weight is 374 g/mol. The fourth-order valence-corrected chi connectivity index (χ4v) is 6.64. The molecule has 0 spiro atoms. The number of rotatable bonds is 5. The number of aromatic nitrogens is 1. The third kappa shape index (κ3) is 4.12. The summed E-state index contributed by atoms with van der Waals surface area (Å²) < 4.78 is 5.45. The van der Waals surface area contributed by atoms with Crippen molar-refractivity contribution in [1.29, 1.82) is 0 Å². The number of benzene rings is 2. The molecule has 0 bridgehead atoms. The van der Waals surface area contributed by atoms with Crippen molar-refractivity contribution in [3.05, 3.63) is 84.6 Å². The van der Waals surface area contributed by atoms with Crippen molar-refractivity contribution < 1.29 is 4.74 Å². The summed E-state index contributed by atoms with van der Waals surface area (Å²) in [7, 11) is -0.940. The van der Waals surface area contributed by atoms with Crippen molar-refractivity contribution in [2.24, 2.45) is 0 Å². The van der Waals surface area contributed by atoms with E-state index in [4.69, 9.17) is 9.72 Å². The van der Waals surface area contributed by atoms with Crippen molar-refractivity contribution in [1.82, 2.24) is 4.98 Å². The van der Waals surface area contributed by atoms with E-state index in [0.29, 0.717) is 5.54 Å². The van der Waals surface area contributed by atoms with Gasteiger partial charge in [-0.1, -0.05) is 84.0 Å². The van der Waals surface area contributed by atoms with Crippen LogP contribution in [0.25, 0.3) is 0 Å². The van der Waals surface area contributed by atoms with Gasteiger partial charge in [-0.3, -0.25) is 0 Å². The van der Waals surface area contributed by atoms with Crippen molar-refractivity contribution in [2.45, 2.75) is 12.5 Å². The van der Waals surface area contributed by atoms with Crippen LogP contribution in [0.15, 0.2) is 79.0 Å². The number of ether oxygens (including phenoxy) is 1. The van der Waals surface area contributed by atoms with Crippen LogP contribution in [0.1, 0.15) is 18.0 Å². The van der Waals surface area contributed by atoms with Gasteiger partial charge in [-0.15, -0.1) is 0 Å². The summed E-state index contributed by atoms with van der Waals surface area (Å²) >= 11 is 0. The highest BCUT2D eigenvalue weighted by atomic mass is 28.3. The summed E-state index contributed by atoms with van der Waals surface area (Å²) in [5.41, 5.74) is 1.75. The highest BCUT2D eigenvalue weighted by molar-refractivity contribution is 6.86. The number of pyridine rings is 1. The number of morpholine rings is 1. The third-order valence-electron chi connectivity index (χ3n) is 5.21. The van der Waals surface area contributed by atoms with Crippen LogP contribution in [-0.2, 0) is 4.74 Å². The highest BCUT2D eigenvalue weighted by Crippen LogP contribution is 2.21. The highest BCUT2D eigenvalue weighted by Gasteiger charge is 2.25. The third-order valence-corrected chi connectivity index (χ3v) is 8.32. The van der Waals surface area contributed by atoms with Gasteiger partial charge < -0.3 is 9.64 Å². The molecular formula is C23H25N2OSi. The SMILES string of the molecule is C[C@@H](c1ccc(N2CCOCC2)nc1)[Si](c1ccccc1)c1ccccc1. The summed E-state index contributed by atoms with van der Waals surface area (Å²) in [6.45, 7) is 5.76. The Hall–Kier alpha value is -2.43. The molecule has 1 aliphatic heterocycles. The summed E-state index contributed by atoms with van der Waals surface area (Å²) in [5.74, 6) is 1.06. The van der Waals surface area contributed by atoms with Crippen molar-refractivity contribution in [3.63, 3.8) is 0 Å². The quantitative estimate of drug-likeness (QED) is 0.643. The molecule has 2 aromatic carbocycles. The Morgan fingerprint density at radius 3 is 1.96 bits per heavy atom. The van der Waals surface area contributed by atoms with E-state index in [1.165, 1.54) is 15.9 Å². The van der Waals surface area contributed by atoms with Gasteiger partial charge in [0.1, 0.15) is 14.6 Å². The Morgan fingerprint density at radius 1 is 0.852 bits per heavy atom. The van der Waals surface area contributed by atoms with Crippen LogP contribution in [-0.4, -0.2) is 40.1 Å². The van der Waals surface area contributed by atoms with Crippen molar-refractivity contribution in [2.75, 3.05) is 31.2 Å². The van der Waals surface area contributed by atoms with Gasteiger partial charge in [0.05, 0.1) is 13.2 Å². The van der Waals surface area contributed by atoms with Crippen LogP contribution >= 0.6 is 0 Å². The van der Waals surface area contributed by atoms with Gasteiger partial charge >= 0.3 is 0 Å². The molecule has 0 amide bonds. The zero-order chi connectivity index (χ0) is 18.5. The van der Waals surface area contributed by atoms with Crippen molar-refractivity contribution in [3.8, 4) is 0 Å². The molecular weight excluding hydrogens is 348 g/mol. The van der Waals surface area contributed by atoms with E-state index in [2.05, 4.69) is 90.8 Å². The Kier molecular flexibility index (Phi) is 5.66. The van der Waals surface area contributed by atoms with Gasteiger partial charge in [0.25, 0.3) is 0 Å². The van der Waals surface area contributed by atoms with Gasteiger partial charge in [0.15, 0.2) is 0 Å². The van der Waals surface area contributed by atoms with E-state index in [1.54, 1.807) is 0 Å². The largest absolute Gasteiger partial charge is 0.378 e. The lowest BCUT2D eigenvalue weighted by molar-refractivity contribution is 0.122. The molecule has 4 heteroatoms. The Morgan fingerprint density at radius 2 is 1.44 bits per heavy atom. The van der Waals surface area contributed by atoms with Gasteiger partial charge in [0.2, 0.25) is 0 Å². The van der Waals surface area contributed by atoms with E-state index in [-0.39, 0.29) is 0 Å². The lowest BCUT2D eigenvalue weighted by Gasteiger charge is -2.28. The van der Waals surface area contributed by atoms with Gasteiger partial charge in [-0.05, 0) is 17.2 Å². The Labute approximate surface area is 163 Å². The van der Waals surface area contributed by atoms with E-state index >= 15 is 0 Å². The molecule has 1 fully saturated rings. The zero-order valence-electron chi connectivity index (χ0n) is 15.7. The predicted molar refractivity (Wildman–Crippen MR) is 114 cm³/mol. The van der Waals surface area contributed by atoms with Gasteiger partial charge in [-0.2, -0.15) is 0 Å². The second-order valence-corrected chi connectivity index (χ2v) is 9.76. The molecule has 1 atom stereocenters. The lowest BCUT2D eigenvalue weighted by Crippen LogP contribution is -2.46. The number of hydrogen-bond donors (Lipinski definition) is 0. The fourth-order valence-electron chi connectivity index (χ4n) is 3.70. The molecule has 137 valence electrons. The van der Waals surface area contributed by atoms with E-state index in [0.717, 1.165) is 32.1 Å². The molecule has 0 saturated carbocycles. The first-order valence-electron chi connectivity index (χ1n) is 9.59. The minimum Gasteiger partial charge on any atom is -0.378 e. The molecule has 1 aliphatic rings. The van der Waals surface area contributed by atoms with E-state index in [1.807, 2.05) is 0 Å². The van der Waals surface area contributed by atoms with Gasteiger partial charge in [0, 0.05) is 19.3 Å². The molecule has 0 aliphatic carbocycles. The summed E-state index contributed by atoms with van der Waals surface area (Å²) in [4.78, 5) is 7.08. The second kappa shape index (κ2) is 8.50. The average Bonchev–Trinajstić information content (AvgIpc) is 2.76. The molecule has 1 radical (unpaired) electrons. The molecule has 1 aromatic heterocycles. The summed E-state index contributed by atoms with van der Waals surface area (Å²) in [6.07, 6.45) is 2.08. The van der Waals surface area contributed by atoms with Crippen LogP contribution in [0.5, 0.6) is 0 Å². The summed E-state index contributed by atoms with van der Waals surface area (Å²) in [6, 6.07) is 26.3. The monoisotopic (exact) mass is 373 g/mol. The maximum Gasteiger partial charge on any atom is 0.128 e. The second-order valence-electron chi connectivity index (χ2n) is 6.92. The first-order chi connectivity index (χ1) is 13.3. The predicted octanol–water partition coefficient (Wildman–Crippen LogP) is 2.87. The first kappa shape index (κ1) is 18.0. The summed E-state index contributed by atoms with van der Waals surface area (Å²) in [5, 5.41) is 2.89. The van der Waals surface area contributed by atoms with Gasteiger partial charge in [-0.25, -0.2) is 4.98 Å². The number of hydrogen-bond acceptors (Lipinski definition) is 3. The number of anilines is 1. The van der Waals surface area contributed by atoms with Crippen LogP contribution in [0.3, 0.4) is 0 Å². The van der Waals surface area contributed by atoms with Crippen LogP contribution < -0.4 is 15.3 Å². The van der Waals surface area contributed by atoms with E-state index < -0.39 is 8.80 Å². The maximum atomic E-state index is 5.45. The molecule has 3 nitrogen and oxygen atoms in total. The first-order valence-corrected chi connectivity index (χ1v) is 11.2. The molecule has 27 heavy (non-hydrogen) atoms. The minimum absolute atomic E-state index is 0.436. The van der Waals surface area contributed by atoms with Crippen LogP contribution in [0.4, 0.5) is 5.82 Å². The molecule has 0 N–H and O–H groups in total. The topological polar surface area (TPSA) is 25.4 Å². The van der Waals surface area contributed by atoms with Crippen LogP contribution in [0, 0.1) is 0 Å². The molecule has 4 rings (SSSR count). The smallest absolute Gasteiger partial charge is 0.128 e. The Balaban J connectivity index is 1.62. The minimum atomic E-state index is -0.940. The van der Waals surface area contributed by atoms with E-state index in [9.17, 15) is 0 Å². The van der Waals surface area contributed by atoms with Crippen LogP contribution in [0.2, 0.25) is 0 Å². The molecule has 3 aromatic rings. The lowest BCUT2D eigenvalue weighted by atomic mass is 10.2. The zero-order valence-corrected chi connectivity index (χ0v) is 16.7. The standard InChI is InChI=1S/C23H25N2OSi/c1-19(20-12-13-23(24-18-20)25-14-16-26-17-15-25)27(21-8-4-2-5-9-21)22-10-6-3-7-11-22/h2-13,18-19H,14-17H2,1H3/t19-/m0/s1. The molecule has 2 heterocycles. The maximum absolute atomic E-state index is 5.45. The fraction of sp³-hybridized carbons (Fsp3) is 0.261. The van der Waals surface area contributed by atoms with Crippen molar-refractivity contribution >= 4 is 25.0 Å².